The predicted molar refractivity (Wildman–Crippen MR) is 172 cm³/mol. The van der Waals surface area contributed by atoms with Crippen LogP contribution >= 0.6 is 0 Å². The number of epoxide rings is 1. The van der Waals surface area contributed by atoms with Crippen molar-refractivity contribution in [2.45, 2.75) is 95.3 Å². The summed E-state index contributed by atoms with van der Waals surface area (Å²) in [7, 11) is 0. The fraction of sp³-hybridized carbons (Fsp3) is 0.553. The van der Waals surface area contributed by atoms with E-state index in [1.165, 1.54) is 26.0 Å². The first-order valence-electron chi connectivity index (χ1n) is 17.0. The van der Waals surface area contributed by atoms with Gasteiger partial charge in [0.15, 0.2) is 11.7 Å². The highest BCUT2D eigenvalue weighted by molar-refractivity contribution is 6.40. The largest absolute Gasteiger partial charge is 0.460 e. The van der Waals surface area contributed by atoms with Crippen molar-refractivity contribution in [1.29, 1.82) is 0 Å². The molecular formula is C38H42O12. The van der Waals surface area contributed by atoms with Gasteiger partial charge in [0.25, 0.3) is 0 Å². The van der Waals surface area contributed by atoms with Crippen LogP contribution in [-0.2, 0) is 42.9 Å². The normalized spacial score (nSPS) is 41.2. The Balaban J connectivity index is 1.36. The molecule has 0 spiro atoms. The first-order chi connectivity index (χ1) is 23.6. The van der Waals surface area contributed by atoms with E-state index < -0.39 is 106 Å². The number of aliphatic hydroxyl groups excluding tert-OH is 1. The molecule has 0 radical (unpaired) electrons. The maximum Gasteiger partial charge on any atom is 0.338 e. The van der Waals surface area contributed by atoms with Gasteiger partial charge in [-0.15, -0.1) is 0 Å². The Bertz CT molecular complexity index is 1730. The van der Waals surface area contributed by atoms with E-state index >= 15 is 0 Å². The van der Waals surface area contributed by atoms with Crippen LogP contribution < -0.4 is 0 Å². The number of Topliss-reactive ketones (excluding diaryl/α,β-unsaturated/α-hetero) is 2. The fourth-order valence-electron chi connectivity index (χ4n) is 9.48. The highest BCUT2D eigenvalue weighted by Gasteiger charge is 2.79. The maximum atomic E-state index is 14.7. The van der Waals surface area contributed by atoms with Crippen molar-refractivity contribution in [2.24, 2.45) is 28.6 Å². The molecule has 2 heterocycles. The smallest absolute Gasteiger partial charge is 0.338 e. The molecule has 5 fully saturated rings. The van der Waals surface area contributed by atoms with E-state index in [1.54, 1.807) is 39.0 Å². The summed E-state index contributed by atoms with van der Waals surface area (Å²) in [6.45, 7) is 7.26. The topological polar surface area (TPSA) is 175 Å². The summed E-state index contributed by atoms with van der Waals surface area (Å²) >= 11 is 0. The Labute approximate surface area is 289 Å². The van der Waals surface area contributed by atoms with Crippen LogP contribution in [0.2, 0.25) is 0 Å². The molecule has 2 bridgehead atoms. The summed E-state index contributed by atoms with van der Waals surface area (Å²) < 4.78 is 29.8. The number of ketones is 2. The van der Waals surface area contributed by atoms with E-state index in [4.69, 9.17) is 23.7 Å². The lowest BCUT2D eigenvalue weighted by Gasteiger charge is -2.67. The third-order valence-corrected chi connectivity index (χ3v) is 12.3. The molecule has 0 aromatic heterocycles. The van der Waals surface area contributed by atoms with E-state index in [9.17, 15) is 34.2 Å². The van der Waals surface area contributed by atoms with Gasteiger partial charge in [0.2, 0.25) is 11.6 Å². The molecule has 50 heavy (non-hydrogen) atoms. The van der Waals surface area contributed by atoms with Gasteiger partial charge in [-0.25, -0.2) is 9.59 Å². The molecule has 2 aromatic rings. The standard InChI is InChI=1S/C38H42O12/c1-19-23(47-34(44)29-28(48-29)21-12-8-6-9-13-21)17-38(45)32(49-33(43)22-14-10-7-11-15-22)30-36(5,31(42)27(41)26(19)35(38,3)4)24(40)16-25-37(30,18-46-25)50-20(2)39/h6-15,19,23-26,28-30,32,40,45H,16-18H2,1-5H3/t19?,23?,24-,25+,26?,28+,29+,30?,32-,36+,37-,38+/m0/s1. The molecule has 12 atom stereocenters. The minimum atomic E-state index is -2.19. The molecule has 2 aliphatic heterocycles. The molecule has 7 rings (SSSR count). The number of hydrogen-bond donors (Lipinski definition) is 2. The number of carbonyl (C=O) groups excluding carboxylic acids is 5. The van der Waals surface area contributed by atoms with Crippen LogP contribution in [0.25, 0.3) is 0 Å². The van der Waals surface area contributed by atoms with Crippen LogP contribution in [0.3, 0.4) is 0 Å². The van der Waals surface area contributed by atoms with Gasteiger partial charge in [-0.2, -0.15) is 0 Å². The number of esters is 3. The third kappa shape index (κ3) is 4.90. The third-order valence-electron chi connectivity index (χ3n) is 12.3. The van der Waals surface area contributed by atoms with Crippen LogP contribution in [0.1, 0.15) is 69.5 Å². The van der Waals surface area contributed by atoms with Crippen LogP contribution in [0.4, 0.5) is 0 Å². The molecule has 12 heteroatoms. The highest BCUT2D eigenvalue weighted by atomic mass is 16.6. The van der Waals surface area contributed by atoms with Crippen molar-refractivity contribution in [2.75, 3.05) is 6.61 Å². The molecule has 2 N–H and O–H groups in total. The van der Waals surface area contributed by atoms with Crippen molar-refractivity contribution in [1.82, 2.24) is 0 Å². The molecule has 2 saturated heterocycles. The van der Waals surface area contributed by atoms with E-state index in [1.807, 2.05) is 30.3 Å². The first kappa shape index (κ1) is 34.5. The van der Waals surface area contributed by atoms with Gasteiger partial charge in [-0.3, -0.25) is 14.4 Å². The number of aliphatic hydroxyl groups is 2. The van der Waals surface area contributed by atoms with Crippen LogP contribution in [0.5, 0.6) is 0 Å². The van der Waals surface area contributed by atoms with Crippen molar-refractivity contribution in [3.63, 3.8) is 0 Å². The minimum Gasteiger partial charge on any atom is -0.460 e. The van der Waals surface area contributed by atoms with E-state index in [2.05, 4.69) is 0 Å². The summed E-state index contributed by atoms with van der Waals surface area (Å²) in [4.78, 5) is 69.5. The van der Waals surface area contributed by atoms with Gasteiger partial charge in [0, 0.05) is 37.0 Å². The summed E-state index contributed by atoms with van der Waals surface area (Å²) in [5, 5.41) is 25.0. The lowest BCUT2D eigenvalue weighted by atomic mass is 9.42. The zero-order valence-electron chi connectivity index (χ0n) is 28.6. The van der Waals surface area contributed by atoms with Crippen molar-refractivity contribution < 1.29 is 57.9 Å². The number of carbonyl (C=O) groups is 5. The van der Waals surface area contributed by atoms with Crippen LogP contribution in [-0.4, -0.2) is 88.0 Å². The quantitative estimate of drug-likeness (QED) is 0.197. The molecule has 5 aliphatic rings. The van der Waals surface area contributed by atoms with Gasteiger partial charge in [-0.1, -0.05) is 69.3 Å². The maximum absolute atomic E-state index is 14.7. The number of benzene rings is 2. The Hall–Kier alpha value is -3.97. The number of rotatable bonds is 6. The Morgan fingerprint density at radius 1 is 0.940 bits per heavy atom. The molecule has 2 aromatic carbocycles. The SMILES string of the molecule is CC(=O)O[C@@]12CO[C@@H]1C[C@H](O)[C@@]1(C)C(=O)C(=O)C3C(C)C(OC(=O)[C@@H]4O[C@@H]4c4ccccc4)C[C@@](O)([C@@H](OC(=O)c4ccccc4)C12)C3(C)C. The van der Waals surface area contributed by atoms with Crippen molar-refractivity contribution in [3.05, 3.63) is 71.8 Å². The van der Waals surface area contributed by atoms with Gasteiger partial charge >= 0.3 is 17.9 Å². The Morgan fingerprint density at radius 3 is 2.18 bits per heavy atom. The second-order valence-electron chi connectivity index (χ2n) is 15.3. The first-order valence-corrected chi connectivity index (χ1v) is 17.0. The summed E-state index contributed by atoms with van der Waals surface area (Å²) in [5.74, 6) is -7.58. The molecule has 3 saturated carbocycles. The minimum absolute atomic E-state index is 0.140. The second-order valence-corrected chi connectivity index (χ2v) is 15.3. The fourth-order valence-corrected chi connectivity index (χ4v) is 9.48. The monoisotopic (exact) mass is 690 g/mol. The van der Waals surface area contributed by atoms with Gasteiger partial charge < -0.3 is 33.9 Å². The molecule has 3 aliphatic carbocycles. The average Bonchev–Trinajstić information content (AvgIpc) is 3.88. The van der Waals surface area contributed by atoms with E-state index in [-0.39, 0.29) is 25.0 Å². The molecular weight excluding hydrogens is 648 g/mol. The molecule has 266 valence electrons. The highest BCUT2D eigenvalue weighted by Crippen LogP contribution is 2.64. The summed E-state index contributed by atoms with van der Waals surface area (Å²) in [5.41, 5.74) is -6.38. The molecule has 12 nitrogen and oxygen atoms in total. The van der Waals surface area contributed by atoms with E-state index in [0.717, 1.165) is 5.56 Å². The van der Waals surface area contributed by atoms with Crippen molar-refractivity contribution >= 4 is 29.5 Å². The lowest BCUT2D eigenvalue weighted by molar-refractivity contribution is -0.349. The zero-order valence-corrected chi connectivity index (χ0v) is 28.6. The molecule has 4 unspecified atom stereocenters. The number of hydrogen-bond acceptors (Lipinski definition) is 12. The lowest BCUT2D eigenvalue weighted by Crippen LogP contribution is -2.82. The van der Waals surface area contributed by atoms with Crippen LogP contribution in [0, 0.1) is 28.6 Å². The van der Waals surface area contributed by atoms with Gasteiger partial charge in [-0.05, 0) is 24.6 Å². The Kier molecular flexibility index (Phi) is 8.13. The zero-order chi connectivity index (χ0) is 36.0. The number of fused-ring (bicyclic) bond motifs is 5. The predicted octanol–water partition coefficient (Wildman–Crippen LogP) is 2.92. The number of ether oxygens (including phenoxy) is 5. The van der Waals surface area contributed by atoms with Gasteiger partial charge in [0.05, 0.1) is 29.6 Å². The second kappa shape index (κ2) is 11.8. The van der Waals surface area contributed by atoms with Gasteiger partial charge in [0.1, 0.15) is 30.0 Å². The summed E-state index contributed by atoms with van der Waals surface area (Å²) in [6, 6.07) is 17.2. The molecule has 0 amide bonds. The average molecular weight is 691 g/mol. The van der Waals surface area contributed by atoms with Crippen molar-refractivity contribution in [3.8, 4) is 0 Å². The van der Waals surface area contributed by atoms with E-state index in [0.29, 0.717) is 0 Å². The summed E-state index contributed by atoms with van der Waals surface area (Å²) in [6.07, 6.45) is -7.13. The Morgan fingerprint density at radius 2 is 1.58 bits per heavy atom. The van der Waals surface area contributed by atoms with Crippen LogP contribution in [0.15, 0.2) is 60.7 Å².